The Morgan fingerprint density at radius 2 is 1.91 bits per heavy atom. The summed E-state index contributed by atoms with van der Waals surface area (Å²) in [6, 6.07) is 9.96. The van der Waals surface area contributed by atoms with E-state index in [1.165, 1.54) is 31.5 Å². The van der Waals surface area contributed by atoms with E-state index in [4.69, 9.17) is 9.47 Å². The average Bonchev–Trinajstić information content (AvgIpc) is 2.55. The molecule has 0 spiro atoms. The predicted octanol–water partition coefficient (Wildman–Crippen LogP) is 2.27. The molecule has 6 nitrogen and oxygen atoms in total. The quantitative estimate of drug-likeness (QED) is 0.857. The van der Waals surface area contributed by atoms with Crippen molar-refractivity contribution < 1.29 is 19.1 Å². The van der Waals surface area contributed by atoms with E-state index < -0.39 is 18.0 Å². The van der Waals surface area contributed by atoms with Crippen LogP contribution >= 0.6 is 0 Å². The molecule has 2 rings (SSSR count). The zero-order valence-corrected chi connectivity index (χ0v) is 12.3. The first-order valence-electron chi connectivity index (χ1n) is 6.66. The Bertz CT molecular complexity index is 658. The standard InChI is InChI=1S/C16H16N2O4/c1-11(22-16(20)12-6-8-17-9-7-12)15(19)18-13-4-3-5-14(10-13)21-2/h3-11H,1-2H3,(H,18,19)/t11-/m1/s1. The maximum absolute atomic E-state index is 12.0. The lowest BCUT2D eigenvalue weighted by molar-refractivity contribution is -0.123. The molecule has 1 N–H and O–H groups in total. The number of nitrogens with zero attached hydrogens (tertiary/aromatic N) is 1. The Morgan fingerprint density at radius 3 is 2.59 bits per heavy atom. The molecule has 0 aliphatic rings. The lowest BCUT2D eigenvalue weighted by atomic mass is 10.2. The van der Waals surface area contributed by atoms with E-state index in [9.17, 15) is 9.59 Å². The van der Waals surface area contributed by atoms with Crippen LogP contribution in [0.15, 0.2) is 48.8 Å². The first kappa shape index (κ1) is 15.5. The summed E-state index contributed by atoms with van der Waals surface area (Å²) in [6.45, 7) is 1.51. The largest absolute Gasteiger partial charge is 0.497 e. The fourth-order valence-corrected chi connectivity index (χ4v) is 1.71. The second-order valence-corrected chi connectivity index (χ2v) is 4.50. The zero-order valence-electron chi connectivity index (χ0n) is 12.3. The molecule has 0 radical (unpaired) electrons. The van der Waals surface area contributed by atoms with Crippen LogP contribution in [0.4, 0.5) is 5.69 Å². The van der Waals surface area contributed by atoms with Crippen molar-refractivity contribution in [1.29, 1.82) is 0 Å². The number of anilines is 1. The zero-order chi connectivity index (χ0) is 15.9. The molecule has 0 aliphatic heterocycles. The number of amides is 1. The maximum atomic E-state index is 12.0. The van der Waals surface area contributed by atoms with Crippen molar-refractivity contribution in [3.63, 3.8) is 0 Å². The number of carbonyl (C=O) groups is 2. The minimum absolute atomic E-state index is 0.344. The van der Waals surface area contributed by atoms with Gasteiger partial charge in [-0.25, -0.2) is 4.79 Å². The van der Waals surface area contributed by atoms with Gasteiger partial charge in [0.1, 0.15) is 5.75 Å². The highest BCUT2D eigenvalue weighted by molar-refractivity contribution is 5.97. The van der Waals surface area contributed by atoms with Crippen LogP contribution in [0.2, 0.25) is 0 Å². The van der Waals surface area contributed by atoms with Gasteiger partial charge in [-0.3, -0.25) is 9.78 Å². The maximum Gasteiger partial charge on any atom is 0.339 e. The Kier molecular flexibility index (Phi) is 5.08. The number of esters is 1. The molecule has 2 aromatic rings. The molecule has 0 saturated heterocycles. The third kappa shape index (κ3) is 4.05. The van der Waals surface area contributed by atoms with E-state index >= 15 is 0 Å². The molecule has 0 bridgehead atoms. The number of ether oxygens (including phenoxy) is 2. The molecule has 6 heteroatoms. The third-order valence-corrected chi connectivity index (χ3v) is 2.91. The molecule has 0 aliphatic carbocycles. The summed E-state index contributed by atoms with van der Waals surface area (Å²) in [6.07, 6.45) is 2.04. The van der Waals surface area contributed by atoms with E-state index in [0.717, 1.165) is 0 Å². The van der Waals surface area contributed by atoms with Gasteiger partial charge in [-0.1, -0.05) is 6.07 Å². The van der Waals surface area contributed by atoms with Crippen molar-refractivity contribution in [2.75, 3.05) is 12.4 Å². The monoisotopic (exact) mass is 300 g/mol. The van der Waals surface area contributed by atoms with Gasteiger partial charge in [0.15, 0.2) is 6.10 Å². The average molecular weight is 300 g/mol. The number of aromatic nitrogens is 1. The first-order valence-corrected chi connectivity index (χ1v) is 6.66. The Labute approximate surface area is 128 Å². The Hall–Kier alpha value is -2.89. The minimum atomic E-state index is -0.924. The van der Waals surface area contributed by atoms with Gasteiger partial charge in [0.25, 0.3) is 5.91 Å². The third-order valence-electron chi connectivity index (χ3n) is 2.91. The van der Waals surface area contributed by atoms with E-state index in [1.54, 1.807) is 31.4 Å². The van der Waals surface area contributed by atoms with Crippen molar-refractivity contribution >= 4 is 17.6 Å². The normalized spacial score (nSPS) is 11.4. The molecular formula is C16H16N2O4. The number of carbonyl (C=O) groups excluding carboxylic acids is 2. The van der Waals surface area contributed by atoms with Gasteiger partial charge in [0.2, 0.25) is 0 Å². The molecule has 114 valence electrons. The van der Waals surface area contributed by atoms with Gasteiger partial charge in [-0.15, -0.1) is 0 Å². The summed E-state index contributed by atoms with van der Waals surface area (Å²) >= 11 is 0. The number of rotatable bonds is 5. The van der Waals surface area contributed by atoms with Crippen LogP contribution in [-0.4, -0.2) is 30.1 Å². The summed E-state index contributed by atoms with van der Waals surface area (Å²) in [5.74, 6) is -0.370. The molecule has 1 aromatic carbocycles. The van der Waals surface area contributed by atoms with Crippen molar-refractivity contribution in [2.45, 2.75) is 13.0 Å². The molecule has 1 amide bonds. The predicted molar refractivity (Wildman–Crippen MR) is 80.7 cm³/mol. The van der Waals surface area contributed by atoms with Crippen LogP contribution in [0.25, 0.3) is 0 Å². The number of methoxy groups -OCH3 is 1. The van der Waals surface area contributed by atoms with Gasteiger partial charge >= 0.3 is 5.97 Å². The van der Waals surface area contributed by atoms with Crippen molar-refractivity contribution in [1.82, 2.24) is 4.98 Å². The van der Waals surface area contributed by atoms with Crippen LogP contribution in [0.1, 0.15) is 17.3 Å². The molecule has 1 atom stereocenters. The molecule has 1 aromatic heterocycles. The van der Waals surface area contributed by atoms with E-state index in [-0.39, 0.29) is 0 Å². The lowest BCUT2D eigenvalue weighted by Gasteiger charge is -2.14. The number of nitrogens with one attached hydrogen (secondary N) is 1. The second-order valence-electron chi connectivity index (χ2n) is 4.50. The first-order chi connectivity index (χ1) is 10.6. The molecular weight excluding hydrogens is 284 g/mol. The number of hydrogen-bond acceptors (Lipinski definition) is 5. The Morgan fingerprint density at radius 1 is 1.18 bits per heavy atom. The summed E-state index contributed by atoms with van der Waals surface area (Å²) in [7, 11) is 1.54. The highest BCUT2D eigenvalue weighted by Gasteiger charge is 2.19. The van der Waals surface area contributed by atoms with E-state index in [0.29, 0.717) is 17.0 Å². The number of benzene rings is 1. The molecule has 1 heterocycles. The topological polar surface area (TPSA) is 77.5 Å². The van der Waals surface area contributed by atoms with Crippen LogP contribution in [0.5, 0.6) is 5.75 Å². The second kappa shape index (κ2) is 7.21. The summed E-state index contributed by atoms with van der Waals surface area (Å²) in [5, 5.41) is 2.66. The fraction of sp³-hybridized carbons (Fsp3) is 0.188. The minimum Gasteiger partial charge on any atom is -0.497 e. The van der Waals surface area contributed by atoms with Gasteiger partial charge < -0.3 is 14.8 Å². The summed E-state index contributed by atoms with van der Waals surface area (Å²) in [5.41, 5.74) is 0.909. The fourth-order valence-electron chi connectivity index (χ4n) is 1.71. The van der Waals surface area contributed by atoms with Crippen molar-refractivity contribution in [3.05, 3.63) is 54.4 Å². The van der Waals surface area contributed by atoms with Gasteiger partial charge in [-0.2, -0.15) is 0 Å². The lowest BCUT2D eigenvalue weighted by Crippen LogP contribution is -2.30. The van der Waals surface area contributed by atoms with Crippen molar-refractivity contribution in [2.24, 2.45) is 0 Å². The Balaban J connectivity index is 1.96. The van der Waals surface area contributed by atoms with Crippen LogP contribution < -0.4 is 10.1 Å². The SMILES string of the molecule is COc1cccc(NC(=O)[C@@H](C)OC(=O)c2ccncc2)c1. The van der Waals surface area contributed by atoms with Gasteiger partial charge in [-0.05, 0) is 31.2 Å². The van der Waals surface area contributed by atoms with Crippen molar-refractivity contribution in [3.8, 4) is 5.75 Å². The summed E-state index contributed by atoms with van der Waals surface area (Å²) in [4.78, 5) is 27.7. The van der Waals surface area contributed by atoms with Crippen LogP contribution in [-0.2, 0) is 9.53 Å². The van der Waals surface area contributed by atoms with Crippen LogP contribution in [0.3, 0.4) is 0 Å². The molecule has 22 heavy (non-hydrogen) atoms. The van der Waals surface area contributed by atoms with Gasteiger partial charge in [0.05, 0.1) is 12.7 Å². The number of hydrogen-bond donors (Lipinski definition) is 1. The van der Waals surface area contributed by atoms with E-state index in [2.05, 4.69) is 10.3 Å². The summed E-state index contributed by atoms with van der Waals surface area (Å²) < 4.78 is 10.2. The molecule has 0 fully saturated rings. The molecule has 0 saturated carbocycles. The van der Waals surface area contributed by atoms with Crippen LogP contribution in [0, 0.1) is 0 Å². The highest BCUT2D eigenvalue weighted by Crippen LogP contribution is 2.17. The van der Waals surface area contributed by atoms with E-state index in [1.807, 2.05) is 0 Å². The highest BCUT2D eigenvalue weighted by atomic mass is 16.5. The number of pyridine rings is 1. The smallest absolute Gasteiger partial charge is 0.339 e. The molecule has 0 unspecified atom stereocenters. The van der Waals surface area contributed by atoms with Gasteiger partial charge in [0, 0.05) is 24.1 Å².